The van der Waals surface area contributed by atoms with Gasteiger partial charge in [-0.05, 0) is 37.3 Å². The molecule has 8 heteroatoms. The summed E-state index contributed by atoms with van der Waals surface area (Å²) in [4.78, 5) is 15.6. The van der Waals surface area contributed by atoms with E-state index in [1.165, 1.54) is 13.3 Å². The van der Waals surface area contributed by atoms with E-state index in [0.717, 1.165) is 0 Å². The number of sulfonamides is 1. The molecule has 0 aliphatic carbocycles. The highest BCUT2D eigenvalue weighted by Crippen LogP contribution is 2.18. The van der Waals surface area contributed by atoms with Gasteiger partial charge in [-0.25, -0.2) is 18.2 Å². The smallest absolute Gasteiger partial charge is 0.337 e. The Kier molecular flexibility index (Phi) is 5.17. The Hall–Kier alpha value is -2.61. The van der Waals surface area contributed by atoms with Crippen LogP contribution in [0.25, 0.3) is 0 Å². The second-order valence-corrected chi connectivity index (χ2v) is 6.65. The van der Waals surface area contributed by atoms with Crippen LogP contribution < -0.4 is 10.0 Å². The number of methoxy groups -OCH3 is 1. The van der Waals surface area contributed by atoms with Gasteiger partial charge in [-0.2, -0.15) is 0 Å². The van der Waals surface area contributed by atoms with Crippen molar-refractivity contribution in [2.75, 3.05) is 22.9 Å². The van der Waals surface area contributed by atoms with Gasteiger partial charge in [0, 0.05) is 5.69 Å². The Labute approximate surface area is 134 Å². The topological polar surface area (TPSA) is 97.4 Å². The monoisotopic (exact) mass is 335 g/mol. The van der Waals surface area contributed by atoms with Crippen LogP contribution >= 0.6 is 0 Å². The number of anilines is 3. The number of ether oxygens (including phenoxy) is 1. The van der Waals surface area contributed by atoms with Gasteiger partial charge in [0.25, 0.3) is 0 Å². The first-order valence-electron chi connectivity index (χ1n) is 6.85. The lowest BCUT2D eigenvalue weighted by Gasteiger charge is -2.09. The molecule has 1 heterocycles. The van der Waals surface area contributed by atoms with E-state index in [1.807, 2.05) is 0 Å². The first-order chi connectivity index (χ1) is 10.9. The number of aromatic nitrogens is 1. The highest BCUT2D eigenvalue weighted by atomic mass is 32.2. The fourth-order valence-corrected chi connectivity index (χ4v) is 2.39. The SMILES string of the molecule is CCS(=O)(=O)Nc1ccc(Nc2cccc(C(=O)OC)c2)nc1. The van der Waals surface area contributed by atoms with E-state index >= 15 is 0 Å². The van der Waals surface area contributed by atoms with Crippen molar-refractivity contribution < 1.29 is 17.9 Å². The highest BCUT2D eigenvalue weighted by molar-refractivity contribution is 7.92. The van der Waals surface area contributed by atoms with Crippen LogP contribution in [0.4, 0.5) is 17.2 Å². The Balaban J connectivity index is 2.11. The predicted molar refractivity (Wildman–Crippen MR) is 88.4 cm³/mol. The predicted octanol–water partition coefficient (Wildman–Crippen LogP) is 2.37. The molecule has 0 fully saturated rings. The van der Waals surface area contributed by atoms with Crippen LogP contribution in [0.5, 0.6) is 0 Å². The summed E-state index contributed by atoms with van der Waals surface area (Å²) in [6.45, 7) is 1.56. The molecule has 23 heavy (non-hydrogen) atoms. The van der Waals surface area contributed by atoms with E-state index < -0.39 is 16.0 Å². The lowest BCUT2D eigenvalue weighted by molar-refractivity contribution is 0.0601. The van der Waals surface area contributed by atoms with E-state index in [4.69, 9.17) is 0 Å². The van der Waals surface area contributed by atoms with E-state index in [9.17, 15) is 13.2 Å². The van der Waals surface area contributed by atoms with Crippen LogP contribution in [0.2, 0.25) is 0 Å². The van der Waals surface area contributed by atoms with Gasteiger partial charge in [-0.1, -0.05) is 6.07 Å². The lowest BCUT2D eigenvalue weighted by Crippen LogP contribution is -2.14. The average molecular weight is 335 g/mol. The molecule has 0 unspecified atom stereocenters. The number of carbonyl (C=O) groups is 1. The van der Waals surface area contributed by atoms with Gasteiger partial charge in [-0.3, -0.25) is 4.72 Å². The molecule has 0 aliphatic rings. The largest absolute Gasteiger partial charge is 0.465 e. The van der Waals surface area contributed by atoms with Gasteiger partial charge in [0.05, 0.1) is 30.3 Å². The zero-order valence-corrected chi connectivity index (χ0v) is 13.6. The molecule has 0 saturated carbocycles. The first-order valence-corrected chi connectivity index (χ1v) is 8.50. The number of hydrogen-bond acceptors (Lipinski definition) is 6. The Morgan fingerprint density at radius 1 is 1.22 bits per heavy atom. The standard InChI is InChI=1S/C15H17N3O4S/c1-3-23(20,21)18-13-7-8-14(16-10-13)17-12-6-4-5-11(9-12)15(19)22-2/h4-10,18H,3H2,1-2H3,(H,16,17). The van der Waals surface area contributed by atoms with E-state index in [-0.39, 0.29) is 5.75 Å². The maximum atomic E-state index is 11.5. The molecule has 2 N–H and O–H groups in total. The third-order valence-electron chi connectivity index (χ3n) is 2.97. The van der Waals surface area contributed by atoms with Crippen LogP contribution in [-0.4, -0.2) is 32.2 Å². The molecule has 0 aliphatic heterocycles. The summed E-state index contributed by atoms with van der Waals surface area (Å²) in [6.07, 6.45) is 1.42. The summed E-state index contributed by atoms with van der Waals surface area (Å²) in [5, 5.41) is 3.03. The molecule has 0 atom stereocenters. The molecular weight excluding hydrogens is 318 g/mol. The van der Waals surface area contributed by atoms with Gasteiger partial charge in [0.2, 0.25) is 10.0 Å². The Morgan fingerprint density at radius 3 is 2.61 bits per heavy atom. The van der Waals surface area contributed by atoms with Crippen molar-refractivity contribution in [3.63, 3.8) is 0 Å². The molecule has 0 amide bonds. The van der Waals surface area contributed by atoms with Crippen molar-refractivity contribution in [2.45, 2.75) is 6.92 Å². The van der Waals surface area contributed by atoms with Crippen molar-refractivity contribution in [1.29, 1.82) is 0 Å². The van der Waals surface area contributed by atoms with Gasteiger partial charge in [0.1, 0.15) is 5.82 Å². The van der Waals surface area contributed by atoms with Crippen molar-refractivity contribution in [1.82, 2.24) is 4.98 Å². The molecule has 0 bridgehead atoms. The fraction of sp³-hybridized carbons (Fsp3) is 0.200. The molecule has 0 saturated heterocycles. The van der Waals surface area contributed by atoms with Crippen LogP contribution in [0, 0.1) is 0 Å². The van der Waals surface area contributed by atoms with Crippen LogP contribution in [0.1, 0.15) is 17.3 Å². The number of benzene rings is 1. The Bertz CT molecular complexity index is 789. The second kappa shape index (κ2) is 7.10. The maximum Gasteiger partial charge on any atom is 0.337 e. The van der Waals surface area contributed by atoms with E-state index in [1.54, 1.807) is 43.3 Å². The lowest BCUT2D eigenvalue weighted by atomic mass is 10.2. The zero-order chi connectivity index (χ0) is 16.9. The minimum atomic E-state index is -3.32. The highest BCUT2D eigenvalue weighted by Gasteiger charge is 2.08. The van der Waals surface area contributed by atoms with Crippen LogP contribution in [0.15, 0.2) is 42.6 Å². The Morgan fingerprint density at radius 2 is 2.00 bits per heavy atom. The number of esters is 1. The summed E-state index contributed by atoms with van der Waals surface area (Å²) in [7, 11) is -2.00. The molecule has 1 aromatic carbocycles. The second-order valence-electron chi connectivity index (χ2n) is 4.63. The first kappa shape index (κ1) is 16.8. The number of nitrogens with zero attached hydrogens (tertiary/aromatic N) is 1. The van der Waals surface area contributed by atoms with Crippen LogP contribution in [-0.2, 0) is 14.8 Å². The fourth-order valence-electron chi connectivity index (χ4n) is 1.77. The normalized spacial score (nSPS) is 10.9. The molecule has 2 rings (SSSR count). The molecular formula is C15H17N3O4S. The summed E-state index contributed by atoms with van der Waals surface area (Å²) in [5.41, 5.74) is 1.48. The average Bonchev–Trinajstić information content (AvgIpc) is 2.56. The number of rotatable bonds is 6. The van der Waals surface area contributed by atoms with E-state index in [2.05, 4.69) is 19.8 Å². The third-order valence-corrected chi connectivity index (χ3v) is 4.28. The molecule has 122 valence electrons. The van der Waals surface area contributed by atoms with Gasteiger partial charge < -0.3 is 10.1 Å². The molecule has 0 radical (unpaired) electrons. The van der Waals surface area contributed by atoms with Gasteiger partial charge in [-0.15, -0.1) is 0 Å². The van der Waals surface area contributed by atoms with Crippen molar-refractivity contribution in [3.8, 4) is 0 Å². The maximum absolute atomic E-state index is 11.5. The van der Waals surface area contributed by atoms with E-state index in [0.29, 0.717) is 22.8 Å². The number of carbonyl (C=O) groups excluding carboxylic acids is 1. The minimum Gasteiger partial charge on any atom is -0.465 e. The summed E-state index contributed by atoms with van der Waals surface area (Å²) in [6, 6.07) is 10.0. The summed E-state index contributed by atoms with van der Waals surface area (Å²) < 4.78 is 30.0. The van der Waals surface area contributed by atoms with Gasteiger partial charge in [0.15, 0.2) is 0 Å². The molecule has 2 aromatic rings. The molecule has 0 spiro atoms. The van der Waals surface area contributed by atoms with Crippen molar-refractivity contribution >= 4 is 33.2 Å². The van der Waals surface area contributed by atoms with Crippen molar-refractivity contribution in [2.24, 2.45) is 0 Å². The molecule has 1 aromatic heterocycles. The van der Waals surface area contributed by atoms with Crippen molar-refractivity contribution in [3.05, 3.63) is 48.2 Å². The summed E-state index contributed by atoms with van der Waals surface area (Å²) >= 11 is 0. The summed E-state index contributed by atoms with van der Waals surface area (Å²) in [5.74, 6) is 0.0882. The van der Waals surface area contributed by atoms with Crippen LogP contribution in [0.3, 0.4) is 0 Å². The number of hydrogen-bond donors (Lipinski definition) is 2. The molecule has 7 nitrogen and oxygen atoms in total. The van der Waals surface area contributed by atoms with Gasteiger partial charge >= 0.3 is 5.97 Å². The number of pyridine rings is 1. The number of nitrogens with one attached hydrogen (secondary N) is 2. The third kappa shape index (κ3) is 4.68. The minimum absolute atomic E-state index is 0.00663. The zero-order valence-electron chi connectivity index (χ0n) is 12.7. The quantitative estimate of drug-likeness (QED) is 0.787.